The van der Waals surface area contributed by atoms with Crippen LogP contribution in [0.1, 0.15) is 38.2 Å². The Labute approximate surface area is 145 Å². The summed E-state index contributed by atoms with van der Waals surface area (Å²) in [6.07, 6.45) is 3.81. The zero-order valence-corrected chi connectivity index (χ0v) is 15.0. The summed E-state index contributed by atoms with van der Waals surface area (Å²) in [5, 5.41) is 6.43. The SMILES string of the molecule is Cc1ccc(OCCCCNC(=O)[C@H]2CCN[C@@H](C)C2)cc1.Cl. The van der Waals surface area contributed by atoms with Crippen molar-refractivity contribution in [3.8, 4) is 5.75 Å². The minimum atomic E-state index is 0. The summed E-state index contributed by atoms with van der Waals surface area (Å²) in [7, 11) is 0. The highest BCUT2D eigenvalue weighted by molar-refractivity contribution is 5.85. The molecule has 2 N–H and O–H groups in total. The zero-order valence-electron chi connectivity index (χ0n) is 14.1. The van der Waals surface area contributed by atoms with Crippen molar-refractivity contribution in [2.24, 2.45) is 5.92 Å². The van der Waals surface area contributed by atoms with E-state index in [4.69, 9.17) is 4.74 Å². The van der Waals surface area contributed by atoms with E-state index in [1.54, 1.807) is 0 Å². The van der Waals surface area contributed by atoms with Gasteiger partial charge in [-0.1, -0.05) is 17.7 Å². The van der Waals surface area contributed by atoms with Gasteiger partial charge in [0.05, 0.1) is 6.61 Å². The number of halogens is 1. The lowest BCUT2D eigenvalue weighted by Gasteiger charge is -2.27. The average molecular weight is 341 g/mol. The molecule has 1 heterocycles. The number of rotatable bonds is 7. The fourth-order valence-corrected chi connectivity index (χ4v) is 2.78. The molecule has 2 rings (SSSR count). The minimum Gasteiger partial charge on any atom is -0.494 e. The molecular formula is C18H29ClN2O2. The van der Waals surface area contributed by atoms with Gasteiger partial charge in [-0.05, 0) is 58.2 Å². The molecular weight excluding hydrogens is 312 g/mol. The zero-order chi connectivity index (χ0) is 15.8. The second-order valence-electron chi connectivity index (χ2n) is 6.24. The molecule has 1 aromatic carbocycles. The number of unbranched alkanes of at least 4 members (excludes halogenated alkanes) is 1. The first-order valence-electron chi connectivity index (χ1n) is 8.35. The van der Waals surface area contributed by atoms with Crippen LogP contribution in [0.5, 0.6) is 5.75 Å². The number of carbonyl (C=O) groups is 1. The maximum absolute atomic E-state index is 12.1. The number of nitrogens with one attached hydrogen (secondary N) is 2. The number of carbonyl (C=O) groups excluding carboxylic acids is 1. The van der Waals surface area contributed by atoms with E-state index in [-0.39, 0.29) is 24.2 Å². The van der Waals surface area contributed by atoms with Gasteiger partial charge in [-0.2, -0.15) is 0 Å². The third kappa shape index (κ3) is 7.23. The number of amides is 1. The van der Waals surface area contributed by atoms with Gasteiger partial charge in [0.25, 0.3) is 0 Å². The summed E-state index contributed by atoms with van der Waals surface area (Å²) in [6, 6.07) is 8.54. The van der Waals surface area contributed by atoms with Crippen LogP contribution in [0.2, 0.25) is 0 Å². The number of ether oxygens (including phenoxy) is 1. The molecule has 23 heavy (non-hydrogen) atoms. The van der Waals surface area contributed by atoms with Crippen LogP contribution < -0.4 is 15.4 Å². The molecule has 0 bridgehead atoms. The van der Waals surface area contributed by atoms with E-state index in [0.717, 1.165) is 44.5 Å². The summed E-state index contributed by atoms with van der Waals surface area (Å²) in [5.41, 5.74) is 1.24. The van der Waals surface area contributed by atoms with Gasteiger partial charge in [0.2, 0.25) is 5.91 Å². The van der Waals surface area contributed by atoms with Crippen molar-refractivity contribution < 1.29 is 9.53 Å². The molecule has 1 fully saturated rings. The van der Waals surface area contributed by atoms with Gasteiger partial charge in [0, 0.05) is 18.5 Å². The van der Waals surface area contributed by atoms with Crippen LogP contribution in [0.25, 0.3) is 0 Å². The summed E-state index contributed by atoms with van der Waals surface area (Å²) in [4.78, 5) is 12.1. The van der Waals surface area contributed by atoms with E-state index in [0.29, 0.717) is 12.6 Å². The Morgan fingerprint density at radius 1 is 1.30 bits per heavy atom. The monoisotopic (exact) mass is 340 g/mol. The molecule has 1 aliphatic heterocycles. The molecule has 0 aliphatic carbocycles. The van der Waals surface area contributed by atoms with Gasteiger partial charge < -0.3 is 15.4 Å². The summed E-state index contributed by atoms with van der Waals surface area (Å²) < 4.78 is 5.68. The van der Waals surface area contributed by atoms with Crippen molar-refractivity contribution in [1.82, 2.24) is 10.6 Å². The first-order valence-corrected chi connectivity index (χ1v) is 8.35. The van der Waals surface area contributed by atoms with Crippen LogP contribution in [0.4, 0.5) is 0 Å². The van der Waals surface area contributed by atoms with Crippen LogP contribution >= 0.6 is 12.4 Å². The topological polar surface area (TPSA) is 50.4 Å². The molecule has 0 radical (unpaired) electrons. The van der Waals surface area contributed by atoms with Crippen molar-refractivity contribution in [1.29, 1.82) is 0 Å². The molecule has 1 amide bonds. The van der Waals surface area contributed by atoms with Gasteiger partial charge in [-0.25, -0.2) is 0 Å². The Morgan fingerprint density at radius 2 is 2.04 bits per heavy atom. The van der Waals surface area contributed by atoms with E-state index in [1.165, 1.54) is 5.56 Å². The molecule has 0 spiro atoms. The van der Waals surface area contributed by atoms with E-state index in [2.05, 4.69) is 36.6 Å². The number of benzene rings is 1. The first kappa shape index (κ1) is 19.8. The third-order valence-electron chi connectivity index (χ3n) is 4.15. The first-order chi connectivity index (χ1) is 10.6. The average Bonchev–Trinajstić information content (AvgIpc) is 2.52. The molecule has 1 saturated heterocycles. The van der Waals surface area contributed by atoms with Crippen molar-refractivity contribution >= 4 is 18.3 Å². The summed E-state index contributed by atoms with van der Waals surface area (Å²) >= 11 is 0. The predicted octanol–water partition coefficient (Wildman–Crippen LogP) is 3.08. The van der Waals surface area contributed by atoms with Crippen LogP contribution in [-0.2, 0) is 4.79 Å². The molecule has 0 unspecified atom stereocenters. The molecule has 1 aromatic rings. The Morgan fingerprint density at radius 3 is 2.74 bits per heavy atom. The largest absolute Gasteiger partial charge is 0.494 e. The highest BCUT2D eigenvalue weighted by Crippen LogP contribution is 2.16. The molecule has 2 atom stereocenters. The van der Waals surface area contributed by atoms with Gasteiger partial charge in [0.1, 0.15) is 5.75 Å². The summed E-state index contributed by atoms with van der Waals surface area (Å²) in [5.74, 6) is 1.31. The van der Waals surface area contributed by atoms with Crippen LogP contribution in [-0.4, -0.2) is 31.6 Å². The molecule has 5 heteroatoms. The highest BCUT2D eigenvalue weighted by atomic mass is 35.5. The summed E-state index contributed by atoms with van der Waals surface area (Å²) in [6.45, 7) is 6.60. The number of hydrogen-bond acceptors (Lipinski definition) is 3. The predicted molar refractivity (Wildman–Crippen MR) is 96.4 cm³/mol. The fourth-order valence-electron chi connectivity index (χ4n) is 2.78. The van der Waals surface area contributed by atoms with Gasteiger partial charge in [-0.15, -0.1) is 12.4 Å². The lowest BCUT2D eigenvalue weighted by molar-refractivity contribution is -0.126. The standard InChI is InChI=1S/C18H28N2O2.ClH/c1-14-5-7-17(8-6-14)22-12-4-3-10-20-18(21)16-9-11-19-15(2)13-16;/h5-8,15-16,19H,3-4,9-13H2,1-2H3,(H,20,21);1H/t15-,16-;/m0./s1. The molecule has 1 aliphatic rings. The number of aryl methyl sites for hydroxylation is 1. The van der Waals surface area contributed by atoms with Crippen molar-refractivity contribution in [3.05, 3.63) is 29.8 Å². The van der Waals surface area contributed by atoms with E-state index in [9.17, 15) is 4.79 Å². The Bertz CT molecular complexity index is 465. The molecule has 0 aromatic heterocycles. The van der Waals surface area contributed by atoms with Gasteiger partial charge in [0.15, 0.2) is 0 Å². The fraction of sp³-hybridized carbons (Fsp3) is 0.611. The van der Waals surface area contributed by atoms with Gasteiger partial charge >= 0.3 is 0 Å². The second-order valence-corrected chi connectivity index (χ2v) is 6.24. The second kappa shape index (κ2) is 10.5. The van der Waals surface area contributed by atoms with Crippen molar-refractivity contribution in [2.75, 3.05) is 19.7 Å². The van der Waals surface area contributed by atoms with Crippen LogP contribution in [0.3, 0.4) is 0 Å². The normalized spacial score (nSPS) is 20.4. The van der Waals surface area contributed by atoms with Crippen molar-refractivity contribution in [2.45, 2.75) is 45.6 Å². The van der Waals surface area contributed by atoms with E-state index >= 15 is 0 Å². The number of hydrogen-bond donors (Lipinski definition) is 2. The third-order valence-corrected chi connectivity index (χ3v) is 4.15. The smallest absolute Gasteiger partial charge is 0.223 e. The van der Waals surface area contributed by atoms with Gasteiger partial charge in [-0.3, -0.25) is 4.79 Å². The lowest BCUT2D eigenvalue weighted by Crippen LogP contribution is -2.42. The Balaban J connectivity index is 0.00000264. The Hall–Kier alpha value is -1.26. The van der Waals surface area contributed by atoms with Crippen molar-refractivity contribution in [3.63, 3.8) is 0 Å². The molecule has 130 valence electrons. The minimum absolute atomic E-state index is 0. The maximum atomic E-state index is 12.1. The van der Waals surface area contributed by atoms with E-state index in [1.807, 2.05) is 12.1 Å². The van der Waals surface area contributed by atoms with E-state index < -0.39 is 0 Å². The quantitative estimate of drug-likeness (QED) is 0.750. The number of piperidine rings is 1. The maximum Gasteiger partial charge on any atom is 0.223 e. The lowest BCUT2D eigenvalue weighted by atomic mass is 9.92. The van der Waals surface area contributed by atoms with Crippen LogP contribution in [0.15, 0.2) is 24.3 Å². The molecule has 4 nitrogen and oxygen atoms in total. The molecule has 0 saturated carbocycles. The Kier molecular flexibility index (Phi) is 9.03. The highest BCUT2D eigenvalue weighted by Gasteiger charge is 2.23. The van der Waals surface area contributed by atoms with Crippen LogP contribution in [0, 0.1) is 12.8 Å².